The van der Waals surface area contributed by atoms with Crippen LogP contribution in [-0.2, 0) is 16.1 Å². The lowest BCUT2D eigenvalue weighted by Gasteiger charge is -2.05. The van der Waals surface area contributed by atoms with Crippen LogP contribution in [0.25, 0.3) is 10.2 Å². The molecule has 1 aromatic carbocycles. The number of thiophene rings is 1. The molecule has 0 fully saturated rings. The fourth-order valence-electron chi connectivity index (χ4n) is 2.44. The Morgan fingerprint density at radius 2 is 2.00 bits per heavy atom. The van der Waals surface area contributed by atoms with E-state index in [4.69, 9.17) is 4.74 Å². The van der Waals surface area contributed by atoms with Gasteiger partial charge >= 0.3 is 11.0 Å². The lowest BCUT2D eigenvalue weighted by molar-refractivity contribution is -0.380. The summed E-state index contributed by atoms with van der Waals surface area (Å²) in [6.45, 7) is 2.37. The fraction of sp³-hybridized carbons (Fsp3) is 0.235. The molecular formula is C17H15N3O5S2. The molecule has 10 heteroatoms. The summed E-state index contributed by atoms with van der Waals surface area (Å²) in [6, 6.07) is 10.2. The van der Waals surface area contributed by atoms with Crippen LogP contribution >= 0.6 is 22.7 Å². The first-order chi connectivity index (χ1) is 13.0. The minimum Gasteiger partial charge on any atom is -0.466 e. The number of hydrogen-bond acceptors (Lipinski definition) is 7. The number of esters is 1. The molecule has 0 saturated carbocycles. The number of carbonyl (C=O) groups excluding carboxylic acids is 2. The van der Waals surface area contributed by atoms with Gasteiger partial charge < -0.3 is 9.30 Å². The summed E-state index contributed by atoms with van der Waals surface area (Å²) in [5, 5.41) is 10.7. The maximum Gasteiger partial charge on any atom is 0.324 e. The zero-order valence-corrected chi connectivity index (χ0v) is 15.9. The summed E-state index contributed by atoms with van der Waals surface area (Å²) in [5.74, 6) is -0.879. The Morgan fingerprint density at radius 1 is 1.22 bits per heavy atom. The van der Waals surface area contributed by atoms with Gasteiger partial charge in [-0.15, -0.1) is 0 Å². The number of benzene rings is 1. The van der Waals surface area contributed by atoms with Gasteiger partial charge in [0, 0.05) is 12.6 Å². The third-order valence-corrected chi connectivity index (χ3v) is 5.70. The van der Waals surface area contributed by atoms with Gasteiger partial charge in [0.15, 0.2) is 4.80 Å². The van der Waals surface area contributed by atoms with Crippen LogP contribution in [-0.4, -0.2) is 28.0 Å². The Bertz CT molecular complexity index is 1080. The first kappa shape index (κ1) is 18.9. The number of nitro groups is 1. The van der Waals surface area contributed by atoms with Gasteiger partial charge in [-0.3, -0.25) is 19.7 Å². The summed E-state index contributed by atoms with van der Waals surface area (Å²) in [6.07, 6.45) is 0.153. The second-order valence-corrected chi connectivity index (χ2v) is 7.44. The van der Waals surface area contributed by atoms with Crippen LogP contribution in [0.1, 0.15) is 23.0 Å². The lowest BCUT2D eigenvalue weighted by atomic mass is 10.3. The molecule has 3 aromatic rings. The van der Waals surface area contributed by atoms with E-state index < -0.39 is 10.8 Å². The number of hydrogen-bond donors (Lipinski definition) is 0. The van der Waals surface area contributed by atoms with Crippen LogP contribution in [0.15, 0.2) is 41.4 Å². The summed E-state index contributed by atoms with van der Waals surface area (Å²) >= 11 is 2.10. The summed E-state index contributed by atoms with van der Waals surface area (Å²) in [4.78, 5) is 39.2. The van der Waals surface area contributed by atoms with Crippen LogP contribution in [0.3, 0.4) is 0 Å². The van der Waals surface area contributed by atoms with E-state index in [1.54, 1.807) is 11.5 Å². The lowest BCUT2D eigenvalue weighted by Crippen LogP contribution is -2.19. The second kappa shape index (κ2) is 8.23. The maximum atomic E-state index is 12.4. The molecule has 0 bridgehead atoms. The molecule has 1 amide bonds. The van der Waals surface area contributed by atoms with Crippen molar-refractivity contribution in [3.63, 3.8) is 0 Å². The highest BCUT2D eigenvalue weighted by Crippen LogP contribution is 2.24. The molecule has 0 unspecified atom stereocenters. The standard InChI is InChI=1S/C17H15N3O5S2/c1-2-25-15(21)9-10-19-11-5-3-4-6-12(11)27-17(19)18-16(22)13-7-8-14(26-13)20(23)24/h3-8H,2,9-10H2,1H3. The number of nitrogens with zero attached hydrogens (tertiary/aromatic N) is 3. The number of aromatic nitrogens is 1. The number of para-hydroxylation sites is 1. The summed E-state index contributed by atoms with van der Waals surface area (Å²) in [7, 11) is 0. The number of carbonyl (C=O) groups is 2. The quantitative estimate of drug-likeness (QED) is 0.355. The SMILES string of the molecule is CCOC(=O)CCn1c(=NC(=O)c2ccc([N+](=O)[O-])s2)sc2ccccc21. The van der Waals surface area contributed by atoms with Crippen molar-refractivity contribution in [2.75, 3.05) is 6.61 Å². The highest BCUT2D eigenvalue weighted by atomic mass is 32.1. The fourth-order valence-corrected chi connectivity index (χ4v) is 4.20. The molecule has 0 spiro atoms. The number of amides is 1. The van der Waals surface area contributed by atoms with Crippen LogP contribution in [0.2, 0.25) is 0 Å². The first-order valence-electron chi connectivity index (χ1n) is 8.07. The second-order valence-electron chi connectivity index (χ2n) is 5.37. The molecule has 27 heavy (non-hydrogen) atoms. The van der Waals surface area contributed by atoms with Crippen molar-refractivity contribution >= 4 is 49.8 Å². The van der Waals surface area contributed by atoms with Crippen LogP contribution < -0.4 is 4.80 Å². The molecule has 0 radical (unpaired) electrons. The van der Waals surface area contributed by atoms with Crippen molar-refractivity contribution in [1.29, 1.82) is 0 Å². The molecule has 0 atom stereocenters. The molecule has 2 aromatic heterocycles. The Balaban J connectivity index is 1.97. The van der Waals surface area contributed by atoms with E-state index in [1.165, 1.54) is 23.5 Å². The third kappa shape index (κ3) is 4.29. The molecule has 8 nitrogen and oxygen atoms in total. The smallest absolute Gasteiger partial charge is 0.324 e. The van der Waals surface area contributed by atoms with Crippen molar-refractivity contribution in [2.45, 2.75) is 19.9 Å². The molecule has 3 rings (SSSR count). The van der Waals surface area contributed by atoms with Gasteiger partial charge in [-0.25, -0.2) is 0 Å². The van der Waals surface area contributed by atoms with Gasteiger partial charge in [0.25, 0.3) is 5.91 Å². The monoisotopic (exact) mass is 405 g/mol. The first-order valence-corrected chi connectivity index (χ1v) is 9.70. The Kier molecular flexibility index (Phi) is 5.77. The van der Waals surface area contributed by atoms with E-state index in [0.29, 0.717) is 18.0 Å². The molecule has 0 aliphatic carbocycles. The van der Waals surface area contributed by atoms with Crippen LogP contribution in [0.5, 0.6) is 0 Å². The van der Waals surface area contributed by atoms with Crippen LogP contribution in [0.4, 0.5) is 5.00 Å². The number of aryl methyl sites for hydroxylation is 1. The molecule has 140 valence electrons. The van der Waals surface area contributed by atoms with Crippen LogP contribution in [0, 0.1) is 10.1 Å². The van der Waals surface area contributed by atoms with E-state index in [1.807, 2.05) is 24.3 Å². The molecule has 0 aliphatic heterocycles. The largest absolute Gasteiger partial charge is 0.466 e. The number of rotatable bonds is 6. The molecule has 0 aliphatic rings. The van der Waals surface area contributed by atoms with E-state index in [-0.39, 0.29) is 22.3 Å². The highest BCUT2D eigenvalue weighted by Gasteiger charge is 2.16. The van der Waals surface area contributed by atoms with Gasteiger partial charge in [0.1, 0.15) is 4.88 Å². The normalized spacial score (nSPS) is 11.7. The Labute approximate surface area is 161 Å². The van der Waals surface area contributed by atoms with Crippen molar-refractivity contribution in [3.05, 3.63) is 56.2 Å². The molecule has 2 heterocycles. The van der Waals surface area contributed by atoms with Crippen molar-refractivity contribution in [1.82, 2.24) is 4.57 Å². The number of thiazole rings is 1. The van der Waals surface area contributed by atoms with Gasteiger partial charge in [-0.1, -0.05) is 34.8 Å². The van der Waals surface area contributed by atoms with Crippen molar-refractivity contribution < 1.29 is 19.2 Å². The minimum absolute atomic E-state index is 0.111. The minimum atomic E-state index is -0.551. The van der Waals surface area contributed by atoms with Gasteiger partial charge in [-0.2, -0.15) is 4.99 Å². The van der Waals surface area contributed by atoms with Gasteiger partial charge in [0.2, 0.25) is 0 Å². The molecule has 0 saturated heterocycles. The van der Waals surface area contributed by atoms with E-state index in [0.717, 1.165) is 21.6 Å². The number of fused-ring (bicyclic) bond motifs is 1. The van der Waals surface area contributed by atoms with E-state index in [2.05, 4.69) is 4.99 Å². The molecular weight excluding hydrogens is 390 g/mol. The zero-order valence-electron chi connectivity index (χ0n) is 14.3. The van der Waals surface area contributed by atoms with Gasteiger partial charge in [-0.05, 0) is 25.1 Å². The third-order valence-electron chi connectivity index (χ3n) is 3.61. The van der Waals surface area contributed by atoms with Gasteiger partial charge in [0.05, 0.1) is 28.2 Å². The Hall–Kier alpha value is -2.85. The topological polar surface area (TPSA) is 104 Å². The predicted octanol–water partition coefficient (Wildman–Crippen LogP) is 3.37. The average molecular weight is 405 g/mol. The van der Waals surface area contributed by atoms with Crippen molar-refractivity contribution in [3.8, 4) is 0 Å². The Morgan fingerprint density at radius 3 is 2.70 bits per heavy atom. The molecule has 0 N–H and O–H groups in total. The predicted molar refractivity (Wildman–Crippen MR) is 102 cm³/mol. The number of ether oxygens (including phenoxy) is 1. The average Bonchev–Trinajstić information content (AvgIpc) is 3.25. The van der Waals surface area contributed by atoms with Crippen molar-refractivity contribution in [2.24, 2.45) is 4.99 Å². The van der Waals surface area contributed by atoms with E-state index in [9.17, 15) is 19.7 Å². The highest BCUT2D eigenvalue weighted by molar-refractivity contribution is 7.17. The summed E-state index contributed by atoms with van der Waals surface area (Å²) in [5.41, 5.74) is 0.857. The van der Waals surface area contributed by atoms with E-state index >= 15 is 0 Å². The zero-order chi connectivity index (χ0) is 19.4. The maximum absolute atomic E-state index is 12.4. The summed E-state index contributed by atoms with van der Waals surface area (Å²) < 4.78 is 7.67.